The average Bonchev–Trinajstić information content (AvgIpc) is 2.74. The fraction of sp³-hybridized carbons (Fsp3) is 0.136. The van der Waals surface area contributed by atoms with Gasteiger partial charge in [-0.1, -0.05) is 12.1 Å². The Morgan fingerprint density at radius 2 is 1.87 bits per heavy atom. The van der Waals surface area contributed by atoms with Crippen molar-refractivity contribution in [2.75, 3.05) is 25.0 Å². The van der Waals surface area contributed by atoms with Crippen LogP contribution >= 0.6 is 11.9 Å². The van der Waals surface area contributed by atoms with E-state index in [4.69, 9.17) is 9.47 Å². The van der Waals surface area contributed by atoms with Crippen LogP contribution in [0.4, 0.5) is 10.1 Å². The van der Waals surface area contributed by atoms with E-state index in [9.17, 15) is 19.4 Å². The van der Waals surface area contributed by atoms with Gasteiger partial charge in [0.2, 0.25) is 0 Å². The normalized spacial score (nSPS) is 10.6. The molecule has 8 heteroatoms. The van der Waals surface area contributed by atoms with Gasteiger partial charge >= 0.3 is 5.97 Å². The first kappa shape index (κ1) is 21.5. The van der Waals surface area contributed by atoms with Gasteiger partial charge in [0.05, 0.1) is 6.61 Å². The van der Waals surface area contributed by atoms with E-state index in [1.807, 2.05) is 6.07 Å². The maximum atomic E-state index is 13.5. The largest absolute Gasteiger partial charge is 0.507 e. The summed E-state index contributed by atoms with van der Waals surface area (Å²) in [6.45, 7) is 0.372. The standard InChI is InChI=1S/C22H20FNO5S/c1-28-9-10-29-22(27)18-7-6-16(13-21(18)26)24-30-17-4-2-3-14(11-17)19-12-15(23)5-8-20(19)25/h2-8,11-13,24-26H,9-10H2,1H3. The van der Waals surface area contributed by atoms with E-state index in [0.717, 1.165) is 4.90 Å². The number of hydrogen-bond acceptors (Lipinski definition) is 7. The van der Waals surface area contributed by atoms with Gasteiger partial charge in [0.25, 0.3) is 0 Å². The second kappa shape index (κ2) is 10.00. The van der Waals surface area contributed by atoms with E-state index < -0.39 is 11.8 Å². The van der Waals surface area contributed by atoms with Crippen LogP contribution in [0.5, 0.6) is 11.5 Å². The molecule has 0 aromatic heterocycles. The zero-order valence-electron chi connectivity index (χ0n) is 16.1. The second-order valence-electron chi connectivity index (χ2n) is 6.25. The highest BCUT2D eigenvalue weighted by atomic mass is 32.2. The highest BCUT2D eigenvalue weighted by molar-refractivity contribution is 8.00. The number of phenolic OH excluding ortho intramolecular Hbond substituents is 2. The van der Waals surface area contributed by atoms with Crippen molar-refractivity contribution in [3.8, 4) is 22.6 Å². The van der Waals surface area contributed by atoms with Crippen LogP contribution in [-0.2, 0) is 9.47 Å². The lowest BCUT2D eigenvalue weighted by atomic mass is 10.0. The number of aromatic hydroxyl groups is 2. The fourth-order valence-electron chi connectivity index (χ4n) is 2.65. The van der Waals surface area contributed by atoms with Crippen LogP contribution in [0.3, 0.4) is 0 Å². The molecule has 0 saturated carbocycles. The Hall–Kier alpha value is -3.23. The lowest BCUT2D eigenvalue weighted by Gasteiger charge is -2.10. The van der Waals surface area contributed by atoms with Crippen LogP contribution in [0.1, 0.15) is 10.4 Å². The number of hydrogen-bond donors (Lipinski definition) is 3. The molecule has 30 heavy (non-hydrogen) atoms. The molecule has 0 fully saturated rings. The number of esters is 1. The number of nitrogens with one attached hydrogen (secondary N) is 1. The topological polar surface area (TPSA) is 88.0 Å². The molecule has 0 radical (unpaired) electrons. The van der Waals surface area contributed by atoms with Gasteiger partial charge in [0, 0.05) is 29.3 Å². The molecule has 6 nitrogen and oxygen atoms in total. The maximum Gasteiger partial charge on any atom is 0.341 e. The van der Waals surface area contributed by atoms with E-state index in [1.165, 1.54) is 49.4 Å². The van der Waals surface area contributed by atoms with Gasteiger partial charge < -0.3 is 24.4 Å². The van der Waals surface area contributed by atoms with Crippen molar-refractivity contribution >= 4 is 23.6 Å². The third-order valence-electron chi connectivity index (χ3n) is 4.13. The first-order valence-electron chi connectivity index (χ1n) is 8.99. The number of phenols is 2. The molecule has 0 amide bonds. The zero-order chi connectivity index (χ0) is 21.5. The molecule has 0 spiro atoms. The molecule has 3 N–H and O–H groups in total. The third kappa shape index (κ3) is 5.43. The molecule has 0 aliphatic carbocycles. The first-order chi connectivity index (χ1) is 14.5. The summed E-state index contributed by atoms with van der Waals surface area (Å²) in [4.78, 5) is 12.7. The quantitative estimate of drug-likeness (QED) is 0.269. The van der Waals surface area contributed by atoms with Crippen LogP contribution in [0.25, 0.3) is 11.1 Å². The number of anilines is 1. The van der Waals surface area contributed by atoms with Crippen molar-refractivity contribution in [1.82, 2.24) is 0 Å². The molecule has 3 aromatic rings. The molecule has 0 unspecified atom stereocenters. The minimum atomic E-state index is -0.633. The van der Waals surface area contributed by atoms with Gasteiger partial charge in [0.15, 0.2) is 0 Å². The van der Waals surface area contributed by atoms with Gasteiger partial charge in [0.1, 0.15) is 29.5 Å². The Bertz CT molecular complexity index is 1040. The van der Waals surface area contributed by atoms with Crippen LogP contribution in [0.15, 0.2) is 65.6 Å². The number of rotatable bonds is 8. The smallest absolute Gasteiger partial charge is 0.341 e. The molecule has 0 heterocycles. The minimum absolute atomic E-state index is 0.00981. The molecule has 0 aliphatic heterocycles. The number of halogens is 1. The van der Waals surface area contributed by atoms with Crippen molar-refractivity contribution < 1.29 is 28.9 Å². The van der Waals surface area contributed by atoms with Crippen LogP contribution in [0.2, 0.25) is 0 Å². The number of ether oxygens (including phenoxy) is 2. The summed E-state index contributed by atoms with van der Waals surface area (Å²) in [5, 5.41) is 20.1. The highest BCUT2D eigenvalue weighted by Gasteiger charge is 2.13. The Balaban J connectivity index is 1.68. The number of methoxy groups -OCH3 is 1. The molecule has 3 rings (SSSR count). The van der Waals surface area contributed by atoms with Crippen LogP contribution < -0.4 is 4.72 Å². The fourth-order valence-corrected chi connectivity index (χ4v) is 3.34. The summed E-state index contributed by atoms with van der Waals surface area (Å²) in [6, 6.07) is 15.5. The van der Waals surface area contributed by atoms with Gasteiger partial charge in [-0.2, -0.15) is 0 Å². The predicted molar refractivity (Wildman–Crippen MR) is 113 cm³/mol. The van der Waals surface area contributed by atoms with Gasteiger partial charge in [-0.05, 0) is 60.0 Å². The highest BCUT2D eigenvalue weighted by Crippen LogP contribution is 2.33. The average molecular weight is 429 g/mol. The summed E-state index contributed by atoms with van der Waals surface area (Å²) in [5.41, 5.74) is 1.69. The number of carbonyl (C=O) groups excluding carboxylic acids is 1. The van der Waals surface area contributed by atoms with E-state index in [2.05, 4.69) is 4.72 Å². The minimum Gasteiger partial charge on any atom is -0.507 e. The molecular weight excluding hydrogens is 409 g/mol. The predicted octanol–water partition coefficient (Wildman–Crippen LogP) is 4.83. The monoisotopic (exact) mass is 429 g/mol. The zero-order valence-corrected chi connectivity index (χ0v) is 16.9. The Kier molecular flexibility index (Phi) is 7.16. The summed E-state index contributed by atoms with van der Waals surface area (Å²) >= 11 is 1.26. The first-order valence-corrected chi connectivity index (χ1v) is 9.80. The second-order valence-corrected chi connectivity index (χ2v) is 7.13. The summed E-state index contributed by atoms with van der Waals surface area (Å²) in [5.74, 6) is -1.28. The van der Waals surface area contributed by atoms with Crippen molar-refractivity contribution in [2.24, 2.45) is 0 Å². The van der Waals surface area contributed by atoms with Crippen molar-refractivity contribution in [2.45, 2.75) is 4.90 Å². The summed E-state index contributed by atoms with van der Waals surface area (Å²) in [6.07, 6.45) is 0. The Morgan fingerprint density at radius 1 is 1.03 bits per heavy atom. The van der Waals surface area contributed by atoms with E-state index in [1.54, 1.807) is 24.3 Å². The summed E-state index contributed by atoms with van der Waals surface area (Å²) < 4.78 is 26.4. The lowest BCUT2D eigenvalue weighted by Crippen LogP contribution is -2.10. The van der Waals surface area contributed by atoms with Crippen LogP contribution in [0, 0.1) is 5.82 Å². The molecule has 156 valence electrons. The van der Waals surface area contributed by atoms with E-state index in [-0.39, 0.29) is 30.3 Å². The van der Waals surface area contributed by atoms with Crippen molar-refractivity contribution in [3.05, 3.63) is 72.0 Å². The molecule has 0 saturated heterocycles. The Labute approximate surface area is 177 Å². The molecule has 0 bridgehead atoms. The number of benzene rings is 3. The van der Waals surface area contributed by atoms with E-state index in [0.29, 0.717) is 16.8 Å². The lowest BCUT2D eigenvalue weighted by molar-refractivity contribution is 0.0385. The van der Waals surface area contributed by atoms with Crippen molar-refractivity contribution in [3.63, 3.8) is 0 Å². The van der Waals surface area contributed by atoms with E-state index >= 15 is 0 Å². The van der Waals surface area contributed by atoms with Crippen molar-refractivity contribution in [1.29, 1.82) is 0 Å². The van der Waals surface area contributed by atoms with Gasteiger partial charge in [-0.25, -0.2) is 9.18 Å². The third-order valence-corrected chi connectivity index (χ3v) is 4.96. The van der Waals surface area contributed by atoms with Crippen LogP contribution in [-0.4, -0.2) is 36.5 Å². The maximum absolute atomic E-state index is 13.5. The molecule has 0 aliphatic rings. The molecular formula is C22H20FNO5S. The number of carbonyl (C=O) groups is 1. The molecule has 0 atom stereocenters. The van der Waals surface area contributed by atoms with Gasteiger partial charge in [-0.15, -0.1) is 0 Å². The van der Waals surface area contributed by atoms with Gasteiger partial charge in [-0.3, -0.25) is 0 Å². The SMILES string of the molecule is COCCOC(=O)c1ccc(NSc2cccc(-c3cc(F)ccc3O)c2)cc1O. The molecule has 3 aromatic carbocycles. The Morgan fingerprint density at radius 3 is 2.63 bits per heavy atom. The summed E-state index contributed by atoms with van der Waals surface area (Å²) in [7, 11) is 1.50.